The molecule has 1 nitrogen and oxygen atoms in total. The van der Waals surface area contributed by atoms with E-state index in [1.807, 2.05) is 19.1 Å². The summed E-state index contributed by atoms with van der Waals surface area (Å²) in [5.41, 5.74) is 0.525. The van der Waals surface area contributed by atoms with Crippen molar-refractivity contribution < 1.29 is 17.9 Å². The van der Waals surface area contributed by atoms with E-state index in [2.05, 4.69) is 30.9 Å². The fourth-order valence-electron chi connectivity index (χ4n) is 6.07. The Morgan fingerprint density at radius 1 is 0.838 bits per heavy atom. The molecule has 196 valence electrons. The molecule has 37 heavy (non-hydrogen) atoms. The lowest BCUT2D eigenvalue weighted by Gasteiger charge is -2.42. The molecule has 2 saturated carbocycles. The molecule has 0 bridgehead atoms. The van der Waals surface area contributed by atoms with E-state index >= 15 is 4.39 Å². The molecule has 4 unspecified atom stereocenters. The summed E-state index contributed by atoms with van der Waals surface area (Å²) in [4.78, 5) is 0. The van der Waals surface area contributed by atoms with Crippen molar-refractivity contribution in [3.8, 4) is 17.6 Å². The van der Waals surface area contributed by atoms with Crippen LogP contribution in [-0.2, 0) is 0 Å². The van der Waals surface area contributed by atoms with Crippen LogP contribution in [0, 0.1) is 47.0 Å². The summed E-state index contributed by atoms with van der Waals surface area (Å²) in [7, 11) is 0. The van der Waals surface area contributed by atoms with E-state index in [4.69, 9.17) is 4.74 Å². The number of halogens is 3. The third-order valence-electron chi connectivity index (χ3n) is 8.11. The summed E-state index contributed by atoms with van der Waals surface area (Å²) in [5.74, 6) is 5.52. The Hall–Kier alpha value is -2.93. The molecule has 0 aromatic heterocycles. The fourth-order valence-corrected chi connectivity index (χ4v) is 6.07. The zero-order valence-corrected chi connectivity index (χ0v) is 21.9. The second-order valence-corrected chi connectivity index (χ2v) is 10.5. The Morgan fingerprint density at radius 3 is 2.35 bits per heavy atom. The molecule has 0 N–H and O–H groups in total. The second kappa shape index (κ2) is 13.0. The molecule has 0 amide bonds. The zero-order valence-electron chi connectivity index (χ0n) is 21.9. The first-order valence-electron chi connectivity index (χ1n) is 13.6. The van der Waals surface area contributed by atoms with Crippen LogP contribution in [0.15, 0.2) is 54.6 Å². The van der Waals surface area contributed by atoms with Crippen LogP contribution in [0.3, 0.4) is 0 Å². The summed E-state index contributed by atoms with van der Waals surface area (Å²) < 4.78 is 50.0. The summed E-state index contributed by atoms with van der Waals surface area (Å²) in [6.45, 7) is 4.29. The molecule has 2 aliphatic carbocycles. The summed E-state index contributed by atoms with van der Waals surface area (Å²) in [6.07, 6.45) is 17.1. The highest BCUT2D eigenvalue weighted by Crippen LogP contribution is 2.48. The Kier molecular flexibility index (Phi) is 9.56. The van der Waals surface area contributed by atoms with Gasteiger partial charge in [-0.1, -0.05) is 48.6 Å². The highest BCUT2D eigenvalue weighted by molar-refractivity contribution is 5.47. The third-order valence-corrected chi connectivity index (χ3v) is 8.11. The summed E-state index contributed by atoms with van der Waals surface area (Å²) in [6, 6.07) is 7.58. The van der Waals surface area contributed by atoms with Gasteiger partial charge >= 0.3 is 0 Å². The predicted molar refractivity (Wildman–Crippen MR) is 144 cm³/mol. The number of hydrogen-bond donors (Lipinski definition) is 0. The largest absolute Gasteiger partial charge is 0.489 e. The van der Waals surface area contributed by atoms with E-state index in [1.54, 1.807) is 12.1 Å². The van der Waals surface area contributed by atoms with Crippen LogP contribution in [-0.4, -0.2) is 6.61 Å². The van der Waals surface area contributed by atoms with Gasteiger partial charge < -0.3 is 4.74 Å². The molecule has 0 saturated heterocycles. The molecule has 2 fully saturated rings. The maximum absolute atomic E-state index is 15.2. The van der Waals surface area contributed by atoms with Crippen molar-refractivity contribution >= 4 is 0 Å². The van der Waals surface area contributed by atoms with Crippen molar-refractivity contribution in [3.05, 3.63) is 88.8 Å². The second-order valence-electron chi connectivity index (χ2n) is 10.5. The molecule has 4 atom stereocenters. The minimum absolute atomic E-state index is 0.0462. The van der Waals surface area contributed by atoms with Crippen molar-refractivity contribution in [2.24, 2.45) is 17.8 Å². The number of ether oxygens (including phenoxy) is 1. The normalized spacial score (nSPS) is 23.6. The summed E-state index contributed by atoms with van der Waals surface area (Å²) in [5, 5.41) is 0. The molecule has 0 radical (unpaired) electrons. The zero-order chi connectivity index (χ0) is 26.2. The van der Waals surface area contributed by atoms with Crippen LogP contribution < -0.4 is 4.74 Å². The Morgan fingerprint density at radius 2 is 1.57 bits per heavy atom. The van der Waals surface area contributed by atoms with Crippen LogP contribution >= 0.6 is 0 Å². The van der Waals surface area contributed by atoms with E-state index in [1.165, 1.54) is 43.9 Å². The molecular weight excluding hydrogens is 469 g/mol. The highest BCUT2D eigenvalue weighted by Gasteiger charge is 2.36. The van der Waals surface area contributed by atoms with Gasteiger partial charge in [-0.15, -0.1) is 0 Å². The lowest BCUT2D eigenvalue weighted by molar-refractivity contribution is 0.114. The average Bonchev–Trinajstić information content (AvgIpc) is 2.90. The first kappa shape index (κ1) is 27.1. The van der Waals surface area contributed by atoms with Gasteiger partial charge in [0, 0.05) is 6.07 Å². The van der Waals surface area contributed by atoms with Crippen LogP contribution in [0.4, 0.5) is 13.2 Å². The number of benzene rings is 2. The van der Waals surface area contributed by atoms with Gasteiger partial charge in [-0.3, -0.25) is 0 Å². The van der Waals surface area contributed by atoms with Crippen LogP contribution in [0.25, 0.3) is 0 Å². The Balaban J connectivity index is 1.41. The molecule has 0 heterocycles. The predicted octanol–water partition coefficient (Wildman–Crippen LogP) is 9.11. The SMILES string of the molecule is C/C=C/CCC1CCC2CC(c3ccc(C#Cc4ccc(OC/C=C/C)cc4F)c(F)c3F)CCC2C1. The van der Waals surface area contributed by atoms with Crippen molar-refractivity contribution in [2.75, 3.05) is 6.61 Å². The monoisotopic (exact) mass is 506 g/mol. The molecule has 0 spiro atoms. The minimum Gasteiger partial charge on any atom is -0.489 e. The standard InChI is InChI=1S/C33H37F3O/c1-3-5-7-8-23-9-10-27-21-28(14-13-26(27)20-23)30-18-16-25(32(35)33(30)36)12-11-24-15-17-29(22-31(24)34)37-19-6-4-2/h3-6,15-18,22-23,26-28H,7-10,13-14,19-21H2,1-2H3/b5-3+,6-4+. The number of rotatable bonds is 7. The molecular formula is C33H37F3O. The van der Waals surface area contributed by atoms with Crippen LogP contribution in [0.2, 0.25) is 0 Å². The van der Waals surface area contributed by atoms with E-state index in [-0.39, 0.29) is 17.0 Å². The summed E-state index contributed by atoms with van der Waals surface area (Å²) >= 11 is 0. The smallest absolute Gasteiger partial charge is 0.174 e. The van der Waals surface area contributed by atoms with Gasteiger partial charge in [0.05, 0.1) is 11.1 Å². The molecule has 0 aliphatic heterocycles. The van der Waals surface area contributed by atoms with Gasteiger partial charge in [-0.2, -0.15) is 0 Å². The number of fused-ring (bicyclic) bond motifs is 1. The Bertz CT molecular complexity index is 1190. The van der Waals surface area contributed by atoms with Crippen LogP contribution in [0.1, 0.15) is 87.8 Å². The quantitative estimate of drug-likeness (QED) is 0.269. The average molecular weight is 507 g/mol. The van der Waals surface area contributed by atoms with Crippen molar-refractivity contribution in [3.63, 3.8) is 0 Å². The molecule has 2 aromatic rings. The third kappa shape index (κ3) is 6.89. The molecule has 4 heteroatoms. The molecule has 4 rings (SSSR count). The van der Waals surface area contributed by atoms with E-state index in [9.17, 15) is 8.78 Å². The van der Waals surface area contributed by atoms with Gasteiger partial charge in [0.1, 0.15) is 18.2 Å². The number of allylic oxidation sites excluding steroid dienone is 3. The highest BCUT2D eigenvalue weighted by atomic mass is 19.2. The first-order chi connectivity index (χ1) is 18.0. The van der Waals surface area contributed by atoms with Gasteiger partial charge in [-0.05, 0) is 106 Å². The lowest BCUT2D eigenvalue weighted by atomic mass is 9.63. The fraction of sp³-hybridized carbons (Fsp3) is 0.455. The lowest BCUT2D eigenvalue weighted by Crippen LogP contribution is -2.30. The van der Waals surface area contributed by atoms with Crippen LogP contribution in [0.5, 0.6) is 5.75 Å². The number of hydrogen-bond acceptors (Lipinski definition) is 1. The van der Waals surface area contributed by atoms with Gasteiger partial charge in [0.15, 0.2) is 11.6 Å². The van der Waals surface area contributed by atoms with Crippen molar-refractivity contribution in [1.82, 2.24) is 0 Å². The van der Waals surface area contributed by atoms with E-state index in [0.717, 1.165) is 31.6 Å². The van der Waals surface area contributed by atoms with Gasteiger partial charge in [-0.25, -0.2) is 13.2 Å². The van der Waals surface area contributed by atoms with Crippen molar-refractivity contribution in [2.45, 2.75) is 71.1 Å². The maximum atomic E-state index is 15.2. The van der Waals surface area contributed by atoms with Crippen molar-refractivity contribution in [1.29, 1.82) is 0 Å². The van der Waals surface area contributed by atoms with E-state index < -0.39 is 17.5 Å². The minimum atomic E-state index is -0.938. The molecule has 2 aliphatic rings. The van der Waals surface area contributed by atoms with Gasteiger partial charge in [0.25, 0.3) is 0 Å². The van der Waals surface area contributed by atoms with E-state index in [0.29, 0.717) is 29.8 Å². The first-order valence-corrected chi connectivity index (χ1v) is 13.6. The van der Waals surface area contributed by atoms with Gasteiger partial charge in [0.2, 0.25) is 0 Å². The molecule has 2 aromatic carbocycles. The topological polar surface area (TPSA) is 9.23 Å². The maximum Gasteiger partial charge on any atom is 0.174 e. The Labute approximate surface area is 219 Å².